The van der Waals surface area contributed by atoms with Crippen LogP contribution in [0.1, 0.15) is 12.5 Å². The fraction of sp³-hybridized carbons (Fsp3) is 0.364. The van der Waals surface area contributed by atoms with E-state index < -0.39 is 0 Å². The first-order valence-electron chi connectivity index (χ1n) is 4.76. The number of rotatable bonds is 4. The fourth-order valence-electron chi connectivity index (χ4n) is 1.08. The van der Waals surface area contributed by atoms with Crippen molar-refractivity contribution in [3.63, 3.8) is 0 Å². The van der Waals surface area contributed by atoms with Gasteiger partial charge in [-0.2, -0.15) is 0 Å². The third-order valence-corrected chi connectivity index (χ3v) is 1.86. The van der Waals surface area contributed by atoms with Crippen molar-refractivity contribution >= 4 is 6.21 Å². The molecule has 0 aromatic heterocycles. The Morgan fingerprint density at radius 2 is 2.33 bits per heavy atom. The highest BCUT2D eigenvalue weighted by molar-refractivity contribution is 5.84. The van der Waals surface area contributed by atoms with Crippen LogP contribution in [0.4, 0.5) is 0 Å². The summed E-state index contributed by atoms with van der Waals surface area (Å²) in [4.78, 5) is 4.11. The maximum atomic E-state index is 9.52. The van der Waals surface area contributed by atoms with Crippen molar-refractivity contribution in [2.45, 2.75) is 13.0 Å². The van der Waals surface area contributed by atoms with Gasteiger partial charge in [0.1, 0.15) is 11.5 Å². The van der Waals surface area contributed by atoms with Gasteiger partial charge in [-0.1, -0.05) is 0 Å². The van der Waals surface area contributed by atoms with E-state index in [1.165, 1.54) is 0 Å². The second kappa shape index (κ2) is 5.36. The molecular formula is C11H16N2O2. The zero-order chi connectivity index (χ0) is 11.3. The van der Waals surface area contributed by atoms with Crippen molar-refractivity contribution in [3.05, 3.63) is 23.8 Å². The summed E-state index contributed by atoms with van der Waals surface area (Å²) in [6.45, 7) is 2.42. The molecular weight excluding hydrogens is 192 g/mol. The van der Waals surface area contributed by atoms with Gasteiger partial charge in [0.05, 0.1) is 13.7 Å². The normalized spacial score (nSPS) is 13.0. The second-order valence-electron chi connectivity index (χ2n) is 3.40. The lowest BCUT2D eigenvalue weighted by Gasteiger charge is -2.03. The average molecular weight is 208 g/mol. The van der Waals surface area contributed by atoms with Crippen LogP contribution in [0.15, 0.2) is 23.2 Å². The van der Waals surface area contributed by atoms with Crippen LogP contribution in [-0.2, 0) is 0 Å². The van der Waals surface area contributed by atoms with E-state index in [0.29, 0.717) is 17.9 Å². The summed E-state index contributed by atoms with van der Waals surface area (Å²) in [7, 11) is 1.58. The van der Waals surface area contributed by atoms with Gasteiger partial charge in [-0.15, -0.1) is 0 Å². The van der Waals surface area contributed by atoms with Crippen molar-refractivity contribution in [3.8, 4) is 11.5 Å². The van der Waals surface area contributed by atoms with Crippen LogP contribution in [-0.4, -0.2) is 31.0 Å². The fourth-order valence-corrected chi connectivity index (χ4v) is 1.08. The lowest BCUT2D eigenvalue weighted by Crippen LogP contribution is -2.18. The number of phenolic OH excluding ortho intramolecular Hbond substituents is 1. The van der Waals surface area contributed by atoms with E-state index >= 15 is 0 Å². The van der Waals surface area contributed by atoms with E-state index in [4.69, 9.17) is 10.5 Å². The molecule has 0 heterocycles. The van der Waals surface area contributed by atoms with Gasteiger partial charge in [0.15, 0.2) is 0 Å². The van der Waals surface area contributed by atoms with Crippen molar-refractivity contribution in [2.75, 3.05) is 13.7 Å². The molecule has 0 aliphatic heterocycles. The molecule has 4 heteroatoms. The lowest BCUT2D eigenvalue weighted by atomic mass is 10.2. The molecule has 1 aromatic rings. The molecule has 1 unspecified atom stereocenters. The van der Waals surface area contributed by atoms with Gasteiger partial charge in [-0.25, -0.2) is 0 Å². The second-order valence-corrected chi connectivity index (χ2v) is 3.40. The number of benzene rings is 1. The zero-order valence-corrected chi connectivity index (χ0v) is 8.97. The Balaban J connectivity index is 2.79. The number of methoxy groups -OCH3 is 1. The van der Waals surface area contributed by atoms with Gasteiger partial charge in [-0.3, -0.25) is 4.99 Å². The van der Waals surface area contributed by atoms with E-state index in [2.05, 4.69) is 4.99 Å². The van der Waals surface area contributed by atoms with Crippen LogP contribution >= 0.6 is 0 Å². The Hall–Kier alpha value is -1.55. The average Bonchev–Trinajstić information content (AvgIpc) is 2.20. The monoisotopic (exact) mass is 208 g/mol. The molecule has 0 aliphatic rings. The summed E-state index contributed by atoms with van der Waals surface area (Å²) < 4.78 is 5.04. The van der Waals surface area contributed by atoms with E-state index in [9.17, 15) is 5.11 Å². The van der Waals surface area contributed by atoms with Crippen LogP contribution in [0.25, 0.3) is 0 Å². The maximum absolute atomic E-state index is 9.52. The summed E-state index contributed by atoms with van der Waals surface area (Å²) in [6, 6.07) is 5.01. The van der Waals surface area contributed by atoms with Crippen LogP contribution < -0.4 is 10.5 Å². The van der Waals surface area contributed by atoms with Crippen LogP contribution in [0, 0.1) is 0 Å². The van der Waals surface area contributed by atoms with Crippen molar-refractivity contribution in [1.82, 2.24) is 0 Å². The van der Waals surface area contributed by atoms with Gasteiger partial charge >= 0.3 is 0 Å². The molecule has 0 saturated carbocycles. The van der Waals surface area contributed by atoms with Gasteiger partial charge in [-0.05, 0) is 25.1 Å². The van der Waals surface area contributed by atoms with Crippen molar-refractivity contribution in [2.24, 2.45) is 10.7 Å². The van der Waals surface area contributed by atoms with Gasteiger partial charge in [0.2, 0.25) is 0 Å². The van der Waals surface area contributed by atoms with Gasteiger partial charge in [0.25, 0.3) is 0 Å². The van der Waals surface area contributed by atoms with Gasteiger partial charge in [0, 0.05) is 17.8 Å². The SMILES string of the molecule is COc1ccc(O)c(C=NCC(C)N)c1. The molecule has 1 rings (SSSR count). The van der Waals surface area contributed by atoms with E-state index in [-0.39, 0.29) is 11.8 Å². The molecule has 0 fully saturated rings. The molecule has 0 spiro atoms. The molecule has 0 amide bonds. The first kappa shape index (κ1) is 11.5. The molecule has 15 heavy (non-hydrogen) atoms. The number of hydrogen-bond donors (Lipinski definition) is 2. The number of aliphatic imine (C=N–C) groups is 1. The quantitative estimate of drug-likeness (QED) is 0.730. The Bertz CT molecular complexity index is 348. The molecule has 82 valence electrons. The first-order valence-corrected chi connectivity index (χ1v) is 4.76. The molecule has 0 aliphatic carbocycles. The first-order chi connectivity index (χ1) is 7.13. The van der Waals surface area contributed by atoms with Crippen molar-refractivity contribution in [1.29, 1.82) is 0 Å². The molecule has 0 saturated heterocycles. The highest BCUT2D eigenvalue weighted by Gasteiger charge is 2.00. The van der Waals surface area contributed by atoms with Crippen molar-refractivity contribution < 1.29 is 9.84 Å². The summed E-state index contributed by atoms with van der Waals surface area (Å²) in [6.07, 6.45) is 1.60. The van der Waals surface area contributed by atoms with E-state index in [0.717, 1.165) is 0 Å². The number of phenols is 1. The third kappa shape index (κ3) is 3.59. The standard InChI is InChI=1S/C11H16N2O2/c1-8(12)6-13-7-9-5-10(15-2)3-4-11(9)14/h3-5,7-8,14H,6,12H2,1-2H3. The lowest BCUT2D eigenvalue weighted by molar-refractivity contribution is 0.412. The minimum absolute atomic E-state index is 0.0222. The highest BCUT2D eigenvalue weighted by atomic mass is 16.5. The number of nitrogens with zero attached hydrogens (tertiary/aromatic N) is 1. The molecule has 4 nitrogen and oxygen atoms in total. The van der Waals surface area contributed by atoms with Crippen LogP contribution in [0.3, 0.4) is 0 Å². The smallest absolute Gasteiger partial charge is 0.124 e. The molecule has 3 N–H and O–H groups in total. The zero-order valence-electron chi connectivity index (χ0n) is 8.97. The van der Waals surface area contributed by atoms with E-state index in [1.54, 1.807) is 31.5 Å². The third-order valence-electron chi connectivity index (χ3n) is 1.86. The largest absolute Gasteiger partial charge is 0.507 e. The van der Waals surface area contributed by atoms with Crippen LogP contribution in [0.2, 0.25) is 0 Å². The highest BCUT2D eigenvalue weighted by Crippen LogP contribution is 2.20. The predicted octanol–water partition coefficient (Wildman–Crippen LogP) is 1.17. The molecule has 1 atom stereocenters. The van der Waals surface area contributed by atoms with Gasteiger partial charge < -0.3 is 15.6 Å². The maximum Gasteiger partial charge on any atom is 0.124 e. The Labute approximate surface area is 89.4 Å². The van der Waals surface area contributed by atoms with Crippen LogP contribution in [0.5, 0.6) is 11.5 Å². The number of ether oxygens (including phenoxy) is 1. The van der Waals surface area contributed by atoms with E-state index in [1.807, 2.05) is 6.92 Å². The number of hydrogen-bond acceptors (Lipinski definition) is 4. The summed E-state index contributed by atoms with van der Waals surface area (Å²) in [5, 5.41) is 9.52. The summed E-state index contributed by atoms with van der Waals surface area (Å²) in [5.74, 6) is 0.874. The predicted molar refractivity (Wildman–Crippen MR) is 60.8 cm³/mol. The Kier molecular flexibility index (Phi) is 4.12. The summed E-state index contributed by atoms with van der Waals surface area (Å²) >= 11 is 0. The Morgan fingerprint density at radius 1 is 1.60 bits per heavy atom. The summed E-state index contributed by atoms with van der Waals surface area (Å²) in [5.41, 5.74) is 6.18. The molecule has 0 bridgehead atoms. The molecule has 0 radical (unpaired) electrons. The minimum Gasteiger partial charge on any atom is -0.507 e. The number of nitrogens with two attached hydrogens (primary N) is 1. The minimum atomic E-state index is 0.0222. The molecule has 1 aromatic carbocycles. The number of aromatic hydroxyl groups is 1. The topological polar surface area (TPSA) is 67.8 Å². The Morgan fingerprint density at radius 3 is 2.93 bits per heavy atom.